The number of phenolic OH excluding ortho intramolecular Hbond substituents is 1. The number of fused-ring (bicyclic) bond motifs is 3. The van der Waals surface area contributed by atoms with Gasteiger partial charge in [-0.1, -0.05) is 0 Å². The lowest BCUT2D eigenvalue weighted by Gasteiger charge is -2.50. The van der Waals surface area contributed by atoms with Crippen molar-refractivity contribution in [2.75, 3.05) is 46.8 Å². The zero-order valence-corrected chi connectivity index (χ0v) is 23.6. The smallest absolute Gasteiger partial charge is 0.314 e. The van der Waals surface area contributed by atoms with E-state index in [9.17, 15) is 44.4 Å². The highest BCUT2D eigenvalue weighted by Gasteiger charge is 2.63. The molecule has 1 fully saturated rings. The molecule has 0 radical (unpaired) electrons. The fraction of sp³-hybridized carbons (Fsp3) is 0.483. The van der Waals surface area contributed by atoms with E-state index in [2.05, 4.69) is 0 Å². The molecule has 4 aliphatic rings. The average Bonchev–Trinajstić information content (AvgIpc) is 2.90. The quantitative estimate of drug-likeness (QED) is 0.233. The van der Waals surface area contributed by atoms with Crippen molar-refractivity contribution >= 4 is 29.2 Å². The minimum Gasteiger partial charge on any atom is -0.510 e. The van der Waals surface area contributed by atoms with Crippen molar-refractivity contribution in [3.63, 3.8) is 0 Å². The second-order valence-corrected chi connectivity index (χ2v) is 11.7. The van der Waals surface area contributed by atoms with Crippen molar-refractivity contribution in [3.8, 4) is 5.75 Å². The third-order valence-corrected chi connectivity index (χ3v) is 9.06. The standard InChI is InChI=1S/C29H34N4O9/c1-13(34)20-25(38)23(31(2)3)17-11-14-10-16-15(19(36)12-32-6-8-33(9-7-32)28(30)41)4-5-18(35)22(16)24(37)21(14)27(40)29(17,42)26(20)39/h4-5,14,17,23,35,38,40,42H,6-12H2,1-3H3,(H2,30,41)/t14-,17-,23-,29+/m0/s1. The van der Waals surface area contributed by atoms with Crippen molar-refractivity contribution in [2.45, 2.75) is 31.4 Å². The SMILES string of the molecule is CC(=O)C1=C(O)[C@@H](N(C)C)[C@@H]2C[C@@H]3Cc4c(C(=O)CN5CCN(C(N)=O)CC5)ccc(O)c4C(=O)C3=C(O)[C@]2(O)C1=O. The van der Waals surface area contributed by atoms with Crippen LogP contribution < -0.4 is 5.73 Å². The molecule has 4 atom stereocenters. The summed E-state index contributed by atoms with van der Waals surface area (Å²) in [7, 11) is 3.18. The van der Waals surface area contributed by atoms with E-state index in [-0.39, 0.29) is 41.9 Å². The Hall–Kier alpha value is -4.07. The normalized spacial score (nSPS) is 28.0. The Morgan fingerprint density at radius 3 is 2.29 bits per heavy atom. The summed E-state index contributed by atoms with van der Waals surface area (Å²) >= 11 is 0. The van der Waals surface area contributed by atoms with Crippen molar-refractivity contribution in [2.24, 2.45) is 17.6 Å². The summed E-state index contributed by atoms with van der Waals surface area (Å²) in [6.45, 7) is 2.65. The molecule has 13 nitrogen and oxygen atoms in total. The van der Waals surface area contributed by atoms with Gasteiger partial charge in [-0.15, -0.1) is 0 Å². The van der Waals surface area contributed by atoms with Gasteiger partial charge in [-0.05, 0) is 57.5 Å². The van der Waals surface area contributed by atoms with Crippen molar-refractivity contribution in [1.29, 1.82) is 0 Å². The summed E-state index contributed by atoms with van der Waals surface area (Å²) in [5.41, 5.74) is 2.09. The van der Waals surface area contributed by atoms with Gasteiger partial charge >= 0.3 is 6.03 Å². The van der Waals surface area contributed by atoms with Crippen molar-refractivity contribution < 1.29 is 44.4 Å². The molecule has 1 aromatic rings. The molecule has 6 N–H and O–H groups in total. The number of primary amides is 1. The number of allylic oxidation sites excluding steroid dienone is 1. The molecule has 0 unspecified atom stereocenters. The third kappa shape index (κ3) is 4.30. The van der Waals surface area contributed by atoms with Gasteiger partial charge in [0.05, 0.1) is 18.2 Å². The number of ketones is 4. The fourth-order valence-electron chi connectivity index (χ4n) is 7.03. The first-order chi connectivity index (χ1) is 19.7. The van der Waals surface area contributed by atoms with Crippen molar-refractivity contribution in [3.05, 3.63) is 51.5 Å². The highest BCUT2D eigenvalue weighted by Crippen LogP contribution is 2.52. The summed E-state index contributed by atoms with van der Waals surface area (Å²) in [6, 6.07) is 1.10. The lowest BCUT2D eigenvalue weighted by atomic mass is 9.58. The Balaban J connectivity index is 1.54. The van der Waals surface area contributed by atoms with E-state index in [1.165, 1.54) is 21.9 Å². The van der Waals surface area contributed by atoms with Gasteiger partial charge in [0.2, 0.25) is 5.78 Å². The molecule has 1 aliphatic heterocycles. The van der Waals surface area contributed by atoms with E-state index in [0.29, 0.717) is 31.7 Å². The van der Waals surface area contributed by atoms with Gasteiger partial charge in [0.15, 0.2) is 23.0 Å². The maximum Gasteiger partial charge on any atom is 0.314 e. The second-order valence-electron chi connectivity index (χ2n) is 11.7. The number of amides is 2. The predicted octanol–water partition coefficient (Wildman–Crippen LogP) is 0.103. The zero-order valence-electron chi connectivity index (χ0n) is 23.6. The number of benzene rings is 1. The number of phenols is 1. The fourth-order valence-corrected chi connectivity index (χ4v) is 7.03. The number of aliphatic hydroxyl groups excluding tert-OH is 2. The van der Waals surface area contributed by atoms with Gasteiger partial charge in [0.1, 0.15) is 22.8 Å². The Bertz CT molecular complexity index is 1490. The molecule has 2 amide bonds. The highest BCUT2D eigenvalue weighted by molar-refractivity contribution is 6.25. The van der Waals surface area contributed by atoms with Crippen LogP contribution >= 0.6 is 0 Å². The van der Waals surface area contributed by atoms with Crippen LogP contribution in [0, 0.1) is 11.8 Å². The molecular formula is C29H34N4O9. The summed E-state index contributed by atoms with van der Waals surface area (Å²) in [4.78, 5) is 69.4. The number of urea groups is 1. The van der Waals surface area contributed by atoms with Crippen LogP contribution in [-0.4, -0.2) is 123 Å². The van der Waals surface area contributed by atoms with Crippen LogP contribution in [0.15, 0.2) is 34.8 Å². The van der Waals surface area contributed by atoms with E-state index in [0.717, 1.165) is 6.92 Å². The number of piperazine rings is 1. The zero-order chi connectivity index (χ0) is 30.8. The van der Waals surface area contributed by atoms with Gasteiger partial charge in [-0.2, -0.15) is 0 Å². The first kappa shape index (κ1) is 29.4. The van der Waals surface area contributed by atoms with Gasteiger partial charge in [-0.25, -0.2) is 4.79 Å². The molecule has 3 aliphatic carbocycles. The lowest BCUT2D eigenvalue weighted by molar-refractivity contribution is -0.148. The Labute approximate surface area is 241 Å². The number of nitrogens with two attached hydrogens (primary N) is 1. The first-order valence-electron chi connectivity index (χ1n) is 13.7. The summed E-state index contributed by atoms with van der Waals surface area (Å²) in [6.07, 6.45) is -0.000375. The molecule has 1 saturated heterocycles. The number of aliphatic hydroxyl groups is 3. The number of carbonyl (C=O) groups is 5. The van der Waals surface area contributed by atoms with Crippen LogP contribution in [0.4, 0.5) is 4.79 Å². The molecule has 224 valence electrons. The number of hydrogen-bond acceptors (Lipinski definition) is 11. The van der Waals surface area contributed by atoms with E-state index in [1.807, 2.05) is 4.90 Å². The molecule has 0 saturated carbocycles. The Morgan fingerprint density at radius 2 is 1.71 bits per heavy atom. The summed E-state index contributed by atoms with van der Waals surface area (Å²) in [5, 5.41) is 44.8. The predicted molar refractivity (Wildman–Crippen MR) is 147 cm³/mol. The molecule has 0 bridgehead atoms. The van der Waals surface area contributed by atoms with E-state index < -0.39 is 69.7 Å². The molecule has 5 rings (SSSR count). The van der Waals surface area contributed by atoms with E-state index >= 15 is 0 Å². The molecule has 0 aromatic heterocycles. The number of aromatic hydroxyl groups is 1. The molecule has 13 heteroatoms. The van der Waals surface area contributed by atoms with E-state index in [4.69, 9.17) is 5.73 Å². The minimum absolute atomic E-state index is 0.00267. The number of nitrogens with zero attached hydrogens (tertiary/aromatic N) is 3. The molecule has 1 aromatic carbocycles. The van der Waals surface area contributed by atoms with Crippen LogP contribution in [0.1, 0.15) is 39.6 Å². The monoisotopic (exact) mass is 582 g/mol. The maximum absolute atomic E-state index is 13.9. The molecular weight excluding hydrogens is 548 g/mol. The van der Waals surface area contributed by atoms with Gasteiger partial charge < -0.3 is 31.1 Å². The largest absolute Gasteiger partial charge is 0.510 e. The molecule has 42 heavy (non-hydrogen) atoms. The summed E-state index contributed by atoms with van der Waals surface area (Å²) in [5.74, 6) is -6.85. The molecule has 0 spiro atoms. The Kier molecular flexibility index (Phi) is 7.24. The topological polar surface area (TPSA) is 202 Å². The van der Waals surface area contributed by atoms with E-state index in [1.54, 1.807) is 14.1 Å². The number of rotatable bonds is 5. The average molecular weight is 583 g/mol. The summed E-state index contributed by atoms with van der Waals surface area (Å²) < 4.78 is 0. The highest BCUT2D eigenvalue weighted by atomic mass is 16.3. The lowest BCUT2D eigenvalue weighted by Crippen LogP contribution is -2.63. The van der Waals surface area contributed by atoms with Gasteiger partial charge in [0.25, 0.3) is 0 Å². The maximum atomic E-state index is 13.9. The third-order valence-electron chi connectivity index (χ3n) is 9.06. The van der Waals surface area contributed by atoms with Crippen molar-refractivity contribution in [1.82, 2.24) is 14.7 Å². The number of Topliss-reactive ketones (excluding diaryl/α,β-unsaturated/α-hetero) is 4. The van der Waals surface area contributed by atoms with Crippen LogP contribution in [-0.2, 0) is 16.0 Å². The second kappa shape index (κ2) is 10.3. The van der Waals surface area contributed by atoms with Crippen LogP contribution in [0.3, 0.4) is 0 Å². The number of carbonyl (C=O) groups excluding carboxylic acids is 5. The number of likely N-dealkylation sites (N-methyl/N-ethyl adjacent to an activating group) is 1. The van der Waals surface area contributed by atoms with Gasteiger partial charge in [-0.3, -0.25) is 29.0 Å². The van der Waals surface area contributed by atoms with Gasteiger partial charge in [0, 0.05) is 43.2 Å². The molecule has 1 heterocycles. The number of hydrogen-bond donors (Lipinski definition) is 5. The van der Waals surface area contributed by atoms with Crippen LogP contribution in [0.25, 0.3) is 0 Å². The minimum atomic E-state index is -2.66. The van der Waals surface area contributed by atoms with Crippen LogP contribution in [0.5, 0.6) is 5.75 Å². The van der Waals surface area contributed by atoms with Crippen LogP contribution in [0.2, 0.25) is 0 Å². The first-order valence-corrected chi connectivity index (χ1v) is 13.7. The Morgan fingerprint density at radius 1 is 1.07 bits per heavy atom.